The quantitative estimate of drug-likeness (QED) is 0.658. The average molecular weight is 351 g/mol. The first-order valence-corrected chi connectivity index (χ1v) is 8.29. The number of amides is 2. The second-order valence-corrected chi connectivity index (χ2v) is 5.98. The number of carbonyl (C=O) groups excluding carboxylic acids is 1. The molecule has 26 heavy (non-hydrogen) atoms. The molecule has 0 aliphatic carbocycles. The second kappa shape index (κ2) is 7.84. The minimum atomic E-state index is -0.768. The van der Waals surface area contributed by atoms with Gasteiger partial charge in [-0.3, -0.25) is 4.98 Å². The molecule has 3 aromatic rings. The number of aliphatic hydroxyl groups is 1. The summed E-state index contributed by atoms with van der Waals surface area (Å²) >= 11 is 0. The van der Waals surface area contributed by atoms with E-state index in [2.05, 4.69) is 15.6 Å². The molecule has 2 aromatic carbocycles. The largest absolute Gasteiger partial charge is 0.494 e. The zero-order valence-corrected chi connectivity index (χ0v) is 14.7. The molecule has 1 heterocycles. The Balaban J connectivity index is 1.67. The van der Waals surface area contributed by atoms with E-state index in [1.54, 1.807) is 31.5 Å². The van der Waals surface area contributed by atoms with Gasteiger partial charge in [0.05, 0.1) is 18.9 Å². The van der Waals surface area contributed by atoms with E-state index in [1.165, 1.54) is 0 Å². The van der Waals surface area contributed by atoms with Gasteiger partial charge in [-0.1, -0.05) is 29.8 Å². The first kappa shape index (κ1) is 17.7. The van der Waals surface area contributed by atoms with Crippen molar-refractivity contribution >= 4 is 22.6 Å². The van der Waals surface area contributed by atoms with Crippen LogP contribution in [0, 0.1) is 6.92 Å². The van der Waals surface area contributed by atoms with E-state index in [1.807, 2.05) is 37.3 Å². The summed E-state index contributed by atoms with van der Waals surface area (Å²) in [6, 6.07) is 14.3. The number of methoxy groups -OCH3 is 1. The topological polar surface area (TPSA) is 83.5 Å². The van der Waals surface area contributed by atoms with Gasteiger partial charge in [0.15, 0.2) is 0 Å². The molecular formula is C20H21N3O3. The number of benzene rings is 2. The van der Waals surface area contributed by atoms with Crippen molar-refractivity contribution in [2.24, 2.45) is 0 Å². The minimum absolute atomic E-state index is 0.112. The monoisotopic (exact) mass is 351 g/mol. The van der Waals surface area contributed by atoms with Crippen molar-refractivity contribution < 1.29 is 14.6 Å². The Hall–Kier alpha value is -3.12. The molecular weight excluding hydrogens is 330 g/mol. The van der Waals surface area contributed by atoms with E-state index in [0.717, 1.165) is 16.5 Å². The van der Waals surface area contributed by atoms with E-state index in [4.69, 9.17) is 4.74 Å². The van der Waals surface area contributed by atoms with Crippen LogP contribution in [0.25, 0.3) is 10.9 Å². The highest BCUT2D eigenvalue weighted by Crippen LogP contribution is 2.29. The number of aliphatic hydroxyl groups excluding tert-OH is 1. The SMILES string of the molecule is COc1ccc(NC(=O)NC[C@@H](O)c2ccc(C)cc2)c2cccnc12. The van der Waals surface area contributed by atoms with E-state index < -0.39 is 12.1 Å². The Labute approximate surface area is 151 Å². The number of anilines is 1. The summed E-state index contributed by atoms with van der Waals surface area (Å²) in [4.78, 5) is 16.5. The molecule has 0 unspecified atom stereocenters. The number of ether oxygens (including phenoxy) is 1. The Morgan fingerprint density at radius 3 is 2.69 bits per heavy atom. The molecule has 6 heteroatoms. The molecule has 0 fully saturated rings. The van der Waals surface area contributed by atoms with Crippen LogP contribution in [0.3, 0.4) is 0 Å². The summed E-state index contributed by atoms with van der Waals surface area (Å²) in [6.07, 6.45) is 0.905. The molecule has 3 rings (SSSR count). The van der Waals surface area contributed by atoms with Crippen molar-refractivity contribution in [3.8, 4) is 5.75 Å². The maximum Gasteiger partial charge on any atom is 0.319 e. The first-order chi connectivity index (χ1) is 12.6. The fraction of sp³-hybridized carbons (Fsp3) is 0.200. The van der Waals surface area contributed by atoms with E-state index in [-0.39, 0.29) is 6.54 Å². The number of hydrogen-bond donors (Lipinski definition) is 3. The molecule has 6 nitrogen and oxygen atoms in total. The molecule has 0 spiro atoms. The molecule has 3 N–H and O–H groups in total. The summed E-state index contributed by atoms with van der Waals surface area (Å²) < 4.78 is 5.30. The van der Waals surface area contributed by atoms with Crippen LogP contribution in [-0.2, 0) is 0 Å². The lowest BCUT2D eigenvalue weighted by Gasteiger charge is -2.14. The predicted octanol–water partition coefficient (Wildman–Crippen LogP) is 3.41. The van der Waals surface area contributed by atoms with E-state index >= 15 is 0 Å². The highest BCUT2D eigenvalue weighted by molar-refractivity contribution is 6.02. The van der Waals surface area contributed by atoms with Crippen LogP contribution in [0.4, 0.5) is 10.5 Å². The lowest BCUT2D eigenvalue weighted by molar-refractivity contribution is 0.175. The van der Waals surface area contributed by atoms with Gasteiger partial charge in [-0.2, -0.15) is 0 Å². The maximum absolute atomic E-state index is 12.2. The molecule has 0 bridgehead atoms. The summed E-state index contributed by atoms with van der Waals surface area (Å²) in [6.45, 7) is 2.09. The highest BCUT2D eigenvalue weighted by atomic mass is 16.5. The summed E-state index contributed by atoms with van der Waals surface area (Å²) in [5, 5.41) is 16.5. The van der Waals surface area contributed by atoms with Crippen LogP contribution in [0.1, 0.15) is 17.2 Å². The van der Waals surface area contributed by atoms with E-state index in [0.29, 0.717) is 17.0 Å². The van der Waals surface area contributed by atoms with Gasteiger partial charge in [-0.05, 0) is 36.8 Å². The number of nitrogens with zero attached hydrogens (tertiary/aromatic N) is 1. The number of rotatable bonds is 5. The zero-order chi connectivity index (χ0) is 18.5. The molecule has 2 amide bonds. The van der Waals surface area contributed by atoms with Crippen LogP contribution < -0.4 is 15.4 Å². The number of urea groups is 1. The minimum Gasteiger partial charge on any atom is -0.494 e. The Kier molecular flexibility index (Phi) is 5.34. The van der Waals surface area contributed by atoms with E-state index in [9.17, 15) is 9.90 Å². The molecule has 0 aliphatic heterocycles. The fourth-order valence-electron chi connectivity index (χ4n) is 2.68. The van der Waals surface area contributed by atoms with Crippen LogP contribution in [0.15, 0.2) is 54.7 Å². The molecule has 1 atom stereocenters. The van der Waals surface area contributed by atoms with Gasteiger partial charge in [0.2, 0.25) is 0 Å². The summed E-state index contributed by atoms with van der Waals surface area (Å²) in [5.74, 6) is 0.640. The zero-order valence-electron chi connectivity index (χ0n) is 14.7. The van der Waals surface area contributed by atoms with Gasteiger partial charge in [-0.15, -0.1) is 0 Å². The van der Waals surface area contributed by atoms with Gasteiger partial charge in [0, 0.05) is 18.1 Å². The molecule has 0 radical (unpaired) electrons. The van der Waals surface area contributed by atoms with Crippen molar-refractivity contribution in [2.45, 2.75) is 13.0 Å². The number of pyridine rings is 1. The van der Waals surface area contributed by atoms with Crippen LogP contribution in [0.5, 0.6) is 5.75 Å². The summed E-state index contributed by atoms with van der Waals surface area (Å²) in [5.41, 5.74) is 3.17. The maximum atomic E-state index is 12.2. The first-order valence-electron chi connectivity index (χ1n) is 8.29. The van der Waals surface area contributed by atoms with Gasteiger partial charge in [-0.25, -0.2) is 4.79 Å². The van der Waals surface area contributed by atoms with Crippen molar-refractivity contribution in [1.29, 1.82) is 0 Å². The third-order valence-corrected chi connectivity index (χ3v) is 4.12. The van der Waals surface area contributed by atoms with Crippen molar-refractivity contribution in [3.63, 3.8) is 0 Å². The Bertz CT molecular complexity index is 910. The van der Waals surface area contributed by atoms with Crippen molar-refractivity contribution in [3.05, 3.63) is 65.9 Å². The van der Waals surface area contributed by atoms with Gasteiger partial charge in [0.25, 0.3) is 0 Å². The lowest BCUT2D eigenvalue weighted by Crippen LogP contribution is -2.32. The summed E-state index contributed by atoms with van der Waals surface area (Å²) in [7, 11) is 1.58. The number of nitrogens with one attached hydrogen (secondary N) is 2. The number of carbonyl (C=O) groups is 1. The van der Waals surface area contributed by atoms with Crippen molar-refractivity contribution in [1.82, 2.24) is 10.3 Å². The third-order valence-electron chi connectivity index (χ3n) is 4.12. The number of fused-ring (bicyclic) bond motifs is 1. The predicted molar refractivity (Wildman–Crippen MR) is 101 cm³/mol. The van der Waals surface area contributed by atoms with Crippen LogP contribution in [-0.4, -0.2) is 29.8 Å². The molecule has 0 saturated carbocycles. The third kappa shape index (κ3) is 3.92. The van der Waals surface area contributed by atoms with Crippen LogP contribution >= 0.6 is 0 Å². The van der Waals surface area contributed by atoms with Crippen LogP contribution in [0.2, 0.25) is 0 Å². The van der Waals surface area contributed by atoms with Gasteiger partial charge in [0.1, 0.15) is 11.3 Å². The number of aryl methyl sites for hydroxylation is 1. The average Bonchev–Trinajstić information content (AvgIpc) is 2.67. The smallest absolute Gasteiger partial charge is 0.319 e. The molecule has 0 saturated heterocycles. The van der Waals surface area contributed by atoms with Crippen molar-refractivity contribution in [2.75, 3.05) is 19.0 Å². The molecule has 134 valence electrons. The Morgan fingerprint density at radius 2 is 1.96 bits per heavy atom. The highest BCUT2D eigenvalue weighted by Gasteiger charge is 2.12. The normalized spacial score (nSPS) is 11.8. The van der Waals surface area contributed by atoms with Gasteiger partial charge >= 0.3 is 6.03 Å². The molecule has 0 aliphatic rings. The van der Waals surface area contributed by atoms with Gasteiger partial charge < -0.3 is 20.5 Å². The number of hydrogen-bond acceptors (Lipinski definition) is 4. The lowest BCUT2D eigenvalue weighted by atomic mass is 10.1. The second-order valence-electron chi connectivity index (χ2n) is 5.98. The standard InChI is InChI=1S/C20H21N3O3/c1-13-5-7-14(8-6-13)17(24)12-22-20(25)23-16-9-10-18(26-2)19-15(16)4-3-11-21-19/h3-11,17,24H,12H2,1-2H3,(H2,22,23,25)/t17-/m1/s1. The Morgan fingerprint density at radius 1 is 1.19 bits per heavy atom. The molecule has 1 aromatic heterocycles. The fourth-order valence-corrected chi connectivity index (χ4v) is 2.68. The number of aromatic nitrogens is 1.